The van der Waals surface area contributed by atoms with E-state index in [4.69, 9.17) is 9.47 Å². The Morgan fingerprint density at radius 2 is 1.79 bits per heavy atom. The standard InChI is InChI=1S/C30H48N4O5/c1-6-7-15-31-28(35)18-24-20-33(19-22-13-14-26(38-4)27(17-22)39-5)29(36)25(16-21(2)3)34(24)30(37)32-23-11-9-8-10-12-23/h13-14,17,21,23-25H,6-12,15-16,18-20H2,1-5H3,(H,31,35)(H,32,37)/t24-,25-/m0/s1. The summed E-state index contributed by atoms with van der Waals surface area (Å²) in [5, 5.41) is 6.21. The third-order valence-electron chi connectivity index (χ3n) is 7.71. The number of hydrogen-bond donors (Lipinski definition) is 2. The second-order valence-electron chi connectivity index (χ2n) is 11.3. The average molecular weight is 545 g/mol. The van der Waals surface area contributed by atoms with Gasteiger partial charge in [0.25, 0.3) is 0 Å². The van der Waals surface area contributed by atoms with Crippen molar-refractivity contribution in [3.05, 3.63) is 23.8 Å². The van der Waals surface area contributed by atoms with Crippen LogP contribution in [0.3, 0.4) is 0 Å². The van der Waals surface area contributed by atoms with Crippen molar-refractivity contribution in [1.29, 1.82) is 0 Å². The summed E-state index contributed by atoms with van der Waals surface area (Å²) in [6, 6.07) is 4.46. The molecule has 3 rings (SSSR count). The Bertz CT molecular complexity index is 963. The van der Waals surface area contributed by atoms with Gasteiger partial charge in [-0.3, -0.25) is 9.59 Å². The van der Waals surface area contributed by atoms with Crippen molar-refractivity contribution in [3.63, 3.8) is 0 Å². The predicted molar refractivity (Wildman–Crippen MR) is 152 cm³/mol. The number of hydrogen-bond acceptors (Lipinski definition) is 5. The van der Waals surface area contributed by atoms with E-state index in [0.29, 0.717) is 37.6 Å². The summed E-state index contributed by atoms with van der Waals surface area (Å²) in [5.74, 6) is 1.24. The van der Waals surface area contributed by atoms with Gasteiger partial charge >= 0.3 is 6.03 Å². The van der Waals surface area contributed by atoms with Crippen LogP contribution in [0.1, 0.15) is 84.1 Å². The van der Waals surface area contributed by atoms with E-state index in [0.717, 1.165) is 44.1 Å². The quantitative estimate of drug-likeness (QED) is 0.378. The van der Waals surface area contributed by atoms with Gasteiger partial charge in [0.1, 0.15) is 6.04 Å². The van der Waals surface area contributed by atoms with Gasteiger partial charge in [0.2, 0.25) is 11.8 Å². The van der Waals surface area contributed by atoms with Crippen molar-refractivity contribution < 1.29 is 23.9 Å². The van der Waals surface area contributed by atoms with Crippen LogP contribution in [0.4, 0.5) is 4.79 Å². The molecule has 1 aromatic carbocycles. The van der Waals surface area contributed by atoms with Crippen LogP contribution in [-0.2, 0) is 16.1 Å². The lowest BCUT2D eigenvalue weighted by atomic mass is 9.93. The summed E-state index contributed by atoms with van der Waals surface area (Å²) < 4.78 is 10.8. The highest BCUT2D eigenvalue weighted by Crippen LogP contribution is 2.31. The number of rotatable bonds is 12. The first kappa shape index (κ1) is 30.6. The molecule has 1 saturated carbocycles. The first-order chi connectivity index (χ1) is 18.8. The molecule has 1 aromatic rings. The van der Waals surface area contributed by atoms with E-state index in [1.807, 2.05) is 18.2 Å². The van der Waals surface area contributed by atoms with Crippen LogP contribution in [0, 0.1) is 5.92 Å². The maximum absolute atomic E-state index is 13.9. The number of urea groups is 1. The van der Waals surface area contributed by atoms with Gasteiger partial charge in [0.05, 0.1) is 20.3 Å². The zero-order valence-corrected chi connectivity index (χ0v) is 24.5. The lowest BCUT2D eigenvalue weighted by Crippen LogP contribution is -2.66. The smallest absolute Gasteiger partial charge is 0.318 e. The zero-order valence-electron chi connectivity index (χ0n) is 24.5. The number of carbonyl (C=O) groups is 3. The molecule has 1 heterocycles. The zero-order chi connectivity index (χ0) is 28.4. The summed E-state index contributed by atoms with van der Waals surface area (Å²) in [6.45, 7) is 7.47. The molecule has 0 bridgehead atoms. The molecule has 1 saturated heterocycles. The molecule has 2 aliphatic rings. The molecule has 1 aliphatic heterocycles. The van der Waals surface area contributed by atoms with E-state index in [2.05, 4.69) is 31.4 Å². The Balaban J connectivity index is 1.88. The minimum Gasteiger partial charge on any atom is -0.493 e. The monoisotopic (exact) mass is 544 g/mol. The summed E-state index contributed by atoms with van der Waals surface area (Å²) in [4.78, 5) is 44.2. The summed E-state index contributed by atoms with van der Waals surface area (Å²) in [5.41, 5.74) is 0.899. The fourth-order valence-corrected chi connectivity index (χ4v) is 5.68. The van der Waals surface area contributed by atoms with Crippen LogP contribution >= 0.6 is 0 Å². The molecule has 4 amide bonds. The minimum atomic E-state index is -0.629. The van der Waals surface area contributed by atoms with Crippen LogP contribution < -0.4 is 20.1 Å². The number of nitrogens with one attached hydrogen (secondary N) is 2. The number of unbranched alkanes of at least 4 members (excludes halogenated alkanes) is 1. The number of carbonyl (C=O) groups excluding carboxylic acids is 3. The Morgan fingerprint density at radius 3 is 2.44 bits per heavy atom. The van der Waals surface area contributed by atoms with Crippen molar-refractivity contribution in [2.24, 2.45) is 5.92 Å². The summed E-state index contributed by atoms with van der Waals surface area (Å²) in [7, 11) is 3.17. The molecule has 9 heteroatoms. The maximum Gasteiger partial charge on any atom is 0.318 e. The van der Waals surface area contributed by atoms with E-state index < -0.39 is 12.1 Å². The fourth-order valence-electron chi connectivity index (χ4n) is 5.68. The lowest BCUT2D eigenvalue weighted by molar-refractivity contribution is -0.145. The number of piperazine rings is 1. The summed E-state index contributed by atoms with van der Waals surface area (Å²) in [6.07, 6.45) is 7.89. The molecule has 218 valence electrons. The Hall–Kier alpha value is -2.97. The molecule has 2 fully saturated rings. The Morgan fingerprint density at radius 1 is 1.08 bits per heavy atom. The molecule has 39 heavy (non-hydrogen) atoms. The molecular weight excluding hydrogens is 496 g/mol. The van der Waals surface area contributed by atoms with Gasteiger partial charge in [-0.1, -0.05) is 52.5 Å². The van der Waals surface area contributed by atoms with Gasteiger partial charge in [-0.05, 0) is 49.3 Å². The highest BCUT2D eigenvalue weighted by molar-refractivity contribution is 5.89. The van der Waals surface area contributed by atoms with E-state index in [9.17, 15) is 14.4 Å². The van der Waals surface area contributed by atoms with Gasteiger partial charge in [0, 0.05) is 32.1 Å². The van der Waals surface area contributed by atoms with Gasteiger partial charge in [-0.15, -0.1) is 0 Å². The molecule has 1 aliphatic carbocycles. The van der Waals surface area contributed by atoms with Gasteiger partial charge in [-0.25, -0.2) is 4.79 Å². The fraction of sp³-hybridized carbons (Fsp3) is 0.700. The van der Waals surface area contributed by atoms with Crippen LogP contribution in [0.25, 0.3) is 0 Å². The molecule has 0 spiro atoms. The minimum absolute atomic E-state index is 0.0834. The van der Waals surface area contributed by atoms with Gasteiger partial charge < -0.3 is 29.9 Å². The molecule has 0 aromatic heterocycles. The number of ether oxygens (including phenoxy) is 2. The number of methoxy groups -OCH3 is 2. The Kier molecular flexibility index (Phi) is 11.7. The van der Waals surface area contributed by atoms with E-state index in [1.165, 1.54) is 6.42 Å². The Labute approximate surface area is 234 Å². The first-order valence-corrected chi connectivity index (χ1v) is 14.6. The lowest BCUT2D eigenvalue weighted by Gasteiger charge is -2.47. The van der Waals surface area contributed by atoms with Crippen molar-refractivity contribution >= 4 is 17.8 Å². The predicted octanol–water partition coefficient (Wildman–Crippen LogP) is 4.48. The van der Waals surface area contributed by atoms with Crippen molar-refractivity contribution in [3.8, 4) is 11.5 Å². The maximum atomic E-state index is 13.9. The molecule has 2 N–H and O–H groups in total. The van der Waals surface area contributed by atoms with Crippen LogP contribution in [0.2, 0.25) is 0 Å². The van der Waals surface area contributed by atoms with E-state index in [-0.39, 0.29) is 36.2 Å². The number of nitrogens with zero attached hydrogens (tertiary/aromatic N) is 2. The SMILES string of the molecule is CCCCNC(=O)C[C@H]1CN(Cc2ccc(OC)c(OC)c2)C(=O)[C@H](CC(C)C)N1C(=O)NC1CCCCC1. The normalized spacial score (nSPS) is 20.2. The number of benzene rings is 1. The second-order valence-corrected chi connectivity index (χ2v) is 11.3. The van der Waals surface area contributed by atoms with Gasteiger partial charge in [0.15, 0.2) is 11.5 Å². The van der Waals surface area contributed by atoms with Crippen molar-refractivity contribution in [2.75, 3.05) is 27.3 Å². The highest BCUT2D eigenvalue weighted by Gasteiger charge is 2.44. The van der Waals surface area contributed by atoms with Crippen molar-refractivity contribution in [2.45, 2.75) is 103 Å². The molecule has 9 nitrogen and oxygen atoms in total. The molecule has 0 radical (unpaired) electrons. The van der Waals surface area contributed by atoms with Crippen LogP contribution in [0.15, 0.2) is 18.2 Å². The molecule has 0 unspecified atom stereocenters. The summed E-state index contributed by atoms with van der Waals surface area (Å²) >= 11 is 0. The molecular formula is C30H48N4O5. The van der Waals surface area contributed by atoms with Crippen LogP contribution in [-0.4, -0.2) is 73.1 Å². The highest BCUT2D eigenvalue weighted by atomic mass is 16.5. The molecule has 2 atom stereocenters. The van der Waals surface area contributed by atoms with Crippen molar-refractivity contribution in [1.82, 2.24) is 20.4 Å². The average Bonchev–Trinajstić information content (AvgIpc) is 2.91. The van der Waals surface area contributed by atoms with Crippen LogP contribution in [0.5, 0.6) is 11.5 Å². The first-order valence-electron chi connectivity index (χ1n) is 14.6. The third-order valence-corrected chi connectivity index (χ3v) is 7.71. The topological polar surface area (TPSA) is 100 Å². The largest absolute Gasteiger partial charge is 0.493 e. The van der Waals surface area contributed by atoms with E-state index >= 15 is 0 Å². The second kappa shape index (κ2) is 15.0. The van der Waals surface area contributed by atoms with E-state index in [1.54, 1.807) is 24.0 Å². The van der Waals surface area contributed by atoms with Gasteiger partial charge in [-0.2, -0.15) is 0 Å². The third kappa shape index (κ3) is 8.51. The number of amides is 4.